The Balaban J connectivity index is 2.47. The summed E-state index contributed by atoms with van der Waals surface area (Å²) in [6, 6.07) is 13.5. The van der Waals surface area contributed by atoms with E-state index in [9.17, 15) is 0 Å². The number of aryl methyl sites for hydroxylation is 3. The molecule has 0 bridgehead atoms. The average Bonchev–Trinajstić information content (AvgIpc) is 2.40. The van der Waals surface area contributed by atoms with E-state index < -0.39 is 0 Å². The van der Waals surface area contributed by atoms with Crippen LogP contribution in [0.5, 0.6) is 0 Å². The summed E-state index contributed by atoms with van der Waals surface area (Å²) >= 11 is 3.71. The maximum atomic E-state index is 3.71. The Bertz CT molecular complexity index is 604. The summed E-state index contributed by atoms with van der Waals surface area (Å²) < 4.78 is 1.17. The molecule has 2 rings (SSSR count). The molecule has 106 valence electrons. The molecule has 0 aromatic heterocycles. The monoisotopic (exact) mass is 331 g/mol. The molecule has 0 amide bonds. The van der Waals surface area contributed by atoms with Gasteiger partial charge < -0.3 is 5.32 Å². The van der Waals surface area contributed by atoms with E-state index in [0.29, 0.717) is 0 Å². The van der Waals surface area contributed by atoms with Crippen LogP contribution in [0.25, 0.3) is 0 Å². The highest BCUT2D eigenvalue weighted by atomic mass is 79.9. The van der Waals surface area contributed by atoms with Crippen LogP contribution in [-0.4, -0.2) is 6.54 Å². The largest absolute Gasteiger partial charge is 0.306 e. The Morgan fingerprint density at radius 3 is 2.35 bits per heavy atom. The van der Waals surface area contributed by atoms with E-state index in [-0.39, 0.29) is 6.04 Å². The molecule has 1 atom stereocenters. The van der Waals surface area contributed by atoms with Crippen LogP contribution >= 0.6 is 15.9 Å². The van der Waals surface area contributed by atoms with Crippen molar-refractivity contribution in [3.8, 4) is 0 Å². The summed E-state index contributed by atoms with van der Waals surface area (Å²) in [5, 5.41) is 3.59. The quantitative estimate of drug-likeness (QED) is 0.824. The molecule has 0 fully saturated rings. The second-order valence-corrected chi connectivity index (χ2v) is 6.21. The van der Waals surface area contributed by atoms with Crippen LogP contribution in [0, 0.1) is 20.8 Å². The summed E-state index contributed by atoms with van der Waals surface area (Å²) in [6.45, 7) is 9.54. The summed E-state index contributed by atoms with van der Waals surface area (Å²) in [4.78, 5) is 0. The second-order valence-electron chi connectivity index (χ2n) is 5.36. The van der Waals surface area contributed by atoms with E-state index in [2.05, 4.69) is 85.3 Å². The zero-order valence-electron chi connectivity index (χ0n) is 12.6. The average molecular weight is 332 g/mol. The molecule has 0 saturated heterocycles. The first-order valence-corrected chi connectivity index (χ1v) is 7.88. The first-order chi connectivity index (χ1) is 9.52. The molecule has 0 aliphatic carbocycles. The van der Waals surface area contributed by atoms with E-state index in [1.54, 1.807) is 0 Å². The van der Waals surface area contributed by atoms with Crippen molar-refractivity contribution in [2.24, 2.45) is 0 Å². The minimum atomic E-state index is 0.231. The number of nitrogens with one attached hydrogen (secondary N) is 1. The Labute approximate surface area is 130 Å². The molecule has 2 heteroatoms. The summed E-state index contributed by atoms with van der Waals surface area (Å²) in [6.07, 6.45) is 0. The van der Waals surface area contributed by atoms with Crippen molar-refractivity contribution < 1.29 is 0 Å². The van der Waals surface area contributed by atoms with E-state index in [4.69, 9.17) is 0 Å². The molecule has 0 radical (unpaired) electrons. The standard InChI is InChI=1S/C18H22BrN/c1-5-20-18(15-8-7-13(3)14(4)11-15)16-9-6-12(2)10-17(16)19/h6-11,18,20H,5H2,1-4H3. The van der Waals surface area contributed by atoms with Crippen molar-refractivity contribution >= 4 is 15.9 Å². The van der Waals surface area contributed by atoms with E-state index in [1.807, 2.05) is 0 Å². The maximum absolute atomic E-state index is 3.71. The van der Waals surface area contributed by atoms with E-state index in [1.165, 1.54) is 32.3 Å². The lowest BCUT2D eigenvalue weighted by molar-refractivity contribution is 0.628. The first-order valence-electron chi connectivity index (χ1n) is 7.09. The fourth-order valence-corrected chi connectivity index (χ4v) is 3.14. The lowest BCUT2D eigenvalue weighted by Gasteiger charge is -2.21. The molecule has 2 aromatic carbocycles. The zero-order chi connectivity index (χ0) is 14.7. The van der Waals surface area contributed by atoms with Crippen molar-refractivity contribution in [2.75, 3.05) is 6.54 Å². The van der Waals surface area contributed by atoms with Gasteiger partial charge in [0, 0.05) is 4.47 Å². The number of hydrogen-bond donors (Lipinski definition) is 1. The van der Waals surface area contributed by atoms with Gasteiger partial charge in [-0.15, -0.1) is 0 Å². The van der Waals surface area contributed by atoms with Crippen molar-refractivity contribution in [2.45, 2.75) is 33.7 Å². The van der Waals surface area contributed by atoms with Crippen LogP contribution in [0.2, 0.25) is 0 Å². The van der Waals surface area contributed by atoms with Gasteiger partial charge in [0.1, 0.15) is 0 Å². The third kappa shape index (κ3) is 3.31. The Hall–Kier alpha value is -1.12. The van der Waals surface area contributed by atoms with E-state index >= 15 is 0 Å². The Morgan fingerprint density at radius 2 is 1.75 bits per heavy atom. The molecule has 1 unspecified atom stereocenters. The predicted octanol–water partition coefficient (Wildman–Crippen LogP) is 5.07. The van der Waals surface area contributed by atoms with Crippen LogP contribution in [0.3, 0.4) is 0 Å². The third-order valence-corrected chi connectivity index (χ3v) is 4.43. The fraction of sp³-hybridized carbons (Fsp3) is 0.333. The normalized spacial score (nSPS) is 12.4. The highest BCUT2D eigenvalue weighted by Gasteiger charge is 2.16. The van der Waals surface area contributed by atoms with Gasteiger partial charge >= 0.3 is 0 Å². The van der Waals surface area contributed by atoms with Crippen molar-refractivity contribution in [1.29, 1.82) is 0 Å². The topological polar surface area (TPSA) is 12.0 Å². The molecule has 20 heavy (non-hydrogen) atoms. The van der Waals surface area contributed by atoms with Gasteiger partial charge in [-0.1, -0.05) is 53.2 Å². The van der Waals surface area contributed by atoms with Crippen LogP contribution in [0.15, 0.2) is 40.9 Å². The number of rotatable bonds is 4. The Kier molecular flexibility index (Phi) is 5.00. The van der Waals surface area contributed by atoms with Gasteiger partial charge in [-0.3, -0.25) is 0 Å². The predicted molar refractivity (Wildman–Crippen MR) is 90.3 cm³/mol. The number of halogens is 1. The van der Waals surface area contributed by atoms with Gasteiger partial charge in [0.15, 0.2) is 0 Å². The summed E-state index contributed by atoms with van der Waals surface area (Å²) in [5.74, 6) is 0. The van der Waals surface area contributed by atoms with Crippen LogP contribution in [-0.2, 0) is 0 Å². The molecule has 1 nitrogen and oxygen atoms in total. The highest BCUT2D eigenvalue weighted by Crippen LogP contribution is 2.30. The van der Waals surface area contributed by atoms with Gasteiger partial charge in [-0.2, -0.15) is 0 Å². The minimum absolute atomic E-state index is 0.231. The minimum Gasteiger partial charge on any atom is -0.306 e. The molecule has 0 aliphatic heterocycles. The van der Waals surface area contributed by atoms with Crippen molar-refractivity contribution in [3.05, 3.63) is 68.7 Å². The van der Waals surface area contributed by atoms with Gasteiger partial charge in [0.25, 0.3) is 0 Å². The van der Waals surface area contributed by atoms with Gasteiger partial charge in [0.2, 0.25) is 0 Å². The van der Waals surface area contributed by atoms with Gasteiger partial charge in [-0.25, -0.2) is 0 Å². The molecule has 1 N–H and O–H groups in total. The molecular weight excluding hydrogens is 310 g/mol. The smallest absolute Gasteiger partial charge is 0.0587 e. The summed E-state index contributed by atoms with van der Waals surface area (Å²) in [7, 11) is 0. The van der Waals surface area contributed by atoms with Gasteiger partial charge in [0.05, 0.1) is 6.04 Å². The molecule has 0 spiro atoms. The SMILES string of the molecule is CCNC(c1ccc(C)c(C)c1)c1ccc(C)cc1Br. The van der Waals surface area contributed by atoms with Crippen molar-refractivity contribution in [3.63, 3.8) is 0 Å². The number of benzene rings is 2. The van der Waals surface area contributed by atoms with Crippen LogP contribution < -0.4 is 5.32 Å². The Morgan fingerprint density at radius 1 is 1.00 bits per heavy atom. The van der Waals surface area contributed by atoms with Gasteiger partial charge in [-0.05, 0) is 61.2 Å². The third-order valence-electron chi connectivity index (χ3n) is 3.74. The molecular formula is C18H22BrN. The summed E-state index contributed by atoms with van der Waals surface area (Å²) in [5.41, 5.74) is 6.57. The van der Waals surface area contributed by atoms with Crippen LogP contribution in [0.4, 0.5) is 0 Å². The lowest BCUT2D eigenvalue weighted by Crippen LogP contribution is -2.22. The van der Waals surface area contributed by atoms with Crippen molar-refractivity contribution in [1.82, 2.24) is 5.32 Å². The van der Waals surface area contributed by atoms with E-state index in [0.717, 1.165) is 6.54 Å². The highest BCUT2D eigenvalue weighted by molar-refractivity contribution is 9.10. The second kappa shape index (κ2) is 6.55. The number of hydrogen-bond acceptors (Lipinski definition) is 1. The molecule has 0 saturated carbocycles. The lowest BCUT2D eigenvalue weighted by atomic mass is 9.95. The van der Waals surface area contributed by atoms with Crippen LogP contribution in [0.1, 0.15) is 40.8 Å². The molecule has 0 heterocycles. The first kappa shape index (κ1) is 15.3. The maximum Gasteiger partial charge on any atom is 0.0587 e. The molecule has 2 aromatic rings. The molecule has 0 aliphatic rings. The zero-order valence-corrected chi connectivity index (χ0v) is 14.2. The fourth-order valence-electron chi connectivity index (χ4n) is 2.42.